The number of carbonyl (C=O) groups excluding carboxylic acids is 1. The van der Waals surface area contributed by atoms with E-state index in [-0.39, 0.29) is 24.7 Å². The summed E-state index contributed by atoms with van der Waals surface area (Å²) >= 11 is 4.28. The summed E-state index contributed by atoms with van der Waals surface area (Å²) in [4.78, 5) is 19.4. The van der Waals surface area contributed by atoms with E-state index in [0.717, 1.165) is 5.56 Å². The predicted molar refractivity (Wildman–Crippen MR) is 82.4 cm³/mol. The second-order valence-corrected chi connectivity index (χ2v) is 4.82. The zero-order chi connectivity index (χ0) is 15.2. The summed E-state index contributed by atoms with van der Waals surface area (Å²) in [7, 11) is 0. The summed E-state index contributed by atoms with van der Waals surface area (Å²) in [5.41, 5.74) is 0.947. The van der Waals surface area contributed by atoms with Crippen LogP contribution in [-0.2, 0) is 14.3 Å². The lowest BCUT2D eigenvalue weighted by atomic mass is 10.0. The van der Waals surface area contributed by atoms with Crippen LogP contribution in [0.1, 0.15) is 18.6 Å². The SMILES string of the molecule is [C-]#[N+]C(C(=O)OCC)C1=NC(CS)C(c2ccccc2)O1. The van der Waals surface area contributed by atoms with Crippen molar-refractivity contribution in [2.45, 2.75) is 25.1 Å². The molecule has 1 heterocycles. The van der Waals surface area contributed by atoms with Gasteiger partial charge >= 0.3 is 12.0 Å². The number of carbonyl (C=O) groups is 1. The van der Waals surface area contributed by atoms with Crippen molar-refractivity contribution in [3.63, 3.8) is 0 Å². The van der Waals surface area contributed by atoms with Crippen molar-refractivity contribution < 1.29 is 14.3 Å². The Bertz CT molecular complexity index is 568. The number of aliphatic imine (C=N–C) groups is 1. The first kappa shape index (κ1) is 15.4. The van der Waals surface area contributed by atoms with Gasteiger partial charge in [0.05, 0.1) is 6.61 Å². The summed E-state index contributed by atoms with van der Waals surface area (Å²) in [6, 6.07) is 8.23. The number of thiol groups is 1. The molecule has 21 heavy (non-hydrogen) atoms. The van der Waals surface area contributed by atoms with Crippen LogP contribution < -0.4 is 0 Å². The molecule has 0 N–H and O–H groups in total. The Kier molecular flexibility index (Phi) is 5.23. The molecule has 0 amide bonds. The van der Waals surface area contributed by atoms with Crippen LogP contribution >= 0.6 is 12.6 Å². The molecule has 0 radical (unpaired) electrons. The van der Waals surface area contributed by atoms with Crippen LogP contribution in [0.4, 0.5) is 0 Å². The number of nitrogens with zero attached hydrogens (tertiary/aromatic N) is 2. The highest BCUT2D eigenvalue weighted by Gasteiger charge is 2.42. The lowest BCUT2D eigenvalue weighted by Gasteiger charge is -2.16. The van der Waals surface area contributed by atoms with E-state index in [9.17, 15) is 4.79 Å². The van der Waals surface area contributed by atoms with Crippen molar-refractivity contribution >= 4 is 24.5 Å². The molecular formula is C15H16N2O3S. The first-order chi connectivity index (χ1) is 10.2. The third-order valence-corrected chi connectivity index (χ3v) is 3.45. The van der Waals surface area contributed by atoms with Crippen molar-refractivity contribution in [3.05, 3.63) is 47.3 Å². The van der Waals surface area contributed by atoms with Gasteiger partial charge in [0, 0.05) is 5.75 Å². The molecule has 0 aromatic heterocycles. The molecule has 1 aliphatic heterocycles. The Hall–Kier alpha value is -2.00. The number of benzene rings is 1. The molecule has 6 heteroatoms. The maximum absolute atomic E-state index is 11.8. The van der Waals surface area contributed by atoms with Gasteiger partial charge in [-0.2, -0.15) is 12.6 Å². The van der Waals surface area contributed by atoms with Gasteiger partial charge in [0.1, 0.15) is 12.1 Å². The van der Waals surface area contributed by atoms with Crippen molar-refractivity contribution in [2.24, 2.45) is 4.99 Å². The van der Waals surface area contributed by atoms with Gasteiger partial charge in [-0.3, -0.25) is 4.85 Å². The van der Waals surface area contributed by atoms with Crippen LogP contribution in [-0.4, -0.2) is 36.3 Å². The van der Waals surface area contributed by atoms with Crippen LogP contribution in [0.3, 0.4) is 0 Å². The maximum atomic E-state index is 11.8. The fourth-order valence-corrected chi connectivity index (χ4v) is 2.38. The van der Waals surface area contributed by atoms with E-state index in [1.54, 1.807) is 6.92 Å². The molecule has 0 bridgehead atoms. The van der Waals surface area contributed by atoms with Crippen LogP contribution in [0.15, 0.2) is 35.3 Å². The fraction of sp³-hybridized carbons (Fsp3) is 0.400. The van der Waals surface area contributed by atoms with Crippen LogP contribution in [0.25, 0.3) is 4.85 Å². The Balaban J connectivity index is 2.20. The third kappa shape index (κ3) is 3.37. The van der Waals surface area contributed by atoms with E-state index in [1.807, 2.05) is 30.3 Å². The lowest BCUT2D eigenvalue weighted by molar-refractivity contribution is -0.142. The molecule has 0 fully saturated rings. The molecule has 1 aromatic rings. The molecule has 0 saturated carbocycles. The van der Waals surface area contributed by atoms with Crippen LogP contribution in [0.5, 0.6) is 0 Å². The fourth-order valence-electron chi connectivity index (χ4n) is 2.10. The Labute approximate surface area is 129 Å². The van der Waals surface area contributed by atoms with E-state index >= 15 is 0 Å². The lowest BCUT2D eigenvalue weighted by Crippen LogP contribution is -2.29. The van der Waals surface area contributed by atoms with Gasteiger partial charge in [-0.1, -0.05) is 30.3 Å². The van der Waals surface area contributed by atoms with Gasteiger partial charge in [-0.05, 0) is 12.5 Å². The Morgan fingerprint density at radius 3 is 2.81 bits per heavy atom. The summed E-state index contributed by atoms with van der Waals surface area (Å²) in [5, 5.41) is 0. The molecule has 1 aromatic carbocycles. The first-order valence-corrected chi connectivity index (χ1v) is 7.27. The molecule has 0 spiro atoms. The van der Waals surface area contributed by atoms with Gasteiger partial charge < -0.3 is 9.47 Å². The molecule has 3 unspecified atom stereocenters. The molecule has 110 valence electrons. The normalized spacial score (nSPS) is 21.9. The molecule has 5 nitrogen and oxygen atoms in total. The number of rotatable bonds is 5. The second kappa shape index (κ2) is 7.14. The van der Waals surface area contributed by atoms with E-state index in [4.69, 9.17) is 16.0 Å². The Morgan fingerprint density at radius 2 is 2.24 bits per heavy atom. The number of hydrogen-bond acceptors (Lipinski definition) is 5. The monoisotopic (exact) mass is 304 g/mol. The molecule has 1 aliphatic rings. The summed E-state index contributed by atoms with van der Waals surface area (Å²) in [5.74, 6) is -0.0365. The van der Waals surface area contributed by atoms with E-state index < -0.39 is 12.0 Å². The van der Waals surface area contributed by atoms with Crippen LogP contribution in [0.2, 0.25) is 0 Å². The quantitative estimate of drug-likeness (QED) is 0.516. The highest BCUT2D eigenvalue weighted by atomic mass is 32.1. The number of hydrogen-bond donors (Lipinski definition) is 1. The second-order valence-electron chi connectivity index (χ2n) is 4.45. The standard InChI is InChI=1S/C15H16N2O3S/c1-3-19-15(18)12(16-2)14-17-11(9-21)13(20-14)10-7-5-4-6-8-10/h4-8,11-13,21H,3,9H2,1H3. The number of ether oxygens (including phenoxy) is 2. The average molecular weight is 304 g/mol. The van der Waals surface area contributed by atoms with Gasteiger partial charge in [0.15, 0.2) is 0 Å². The van der Waals surface area contributed by atoms with Crippen molar-refractivity contribution in [1.29, 1.82) is 0 Å². The molecule has 0 aliphatic carbocycles. The van der Waals surface area contributed by atoms with Gasteiger partial charge in [0.25, 0.3) is 5.90 Å². The minimum Gasteiger partial charge on any atom is -0.464 e. The van der Waals surface area contributed by atoms with Crippen molar-refractivity contribution in [1.82, 2.24) is 0 Å². The van der Waals surface area contributed by atoms with Gasteiger partial charge in [-0.15, -0.1) is 0 Å². The van der Waals surface area contributed by atoms with Crippen molar-refractivity contribution in [3.8, 4) is 0 Å². The minimum atomic E-state index is -1.14. The molecular weight excluding hydrogens is 288 g/mol. The average Bonchev–Trinajstić information content (AvgIpc) is 2.93. The van der Waals surface area contributed by atoms with Gasteiger partial charge in [0.2, 0.25) is 0 Å². The topological polar surface area (TPSA) is 52.2 Å². The van der Waals surface area contributed by atoms with E-state index in [2.05, 4.69) is 22.5 Å². The smallest absolute Gasteiger partial charge is 0.400 e. The summed E-state index contributed by atoms with van der Waals surface area (Å²) in [6.07, 6.45) is -0.322. The zero-order valence-corrected chi connectivity index (χ0v) is 12.5. The molecule has 3 atom stereocenters. The summed E-state index contributed by atoms with van der Waals surface area (Å²) in [6.45, 7) is 9.08. The van der Waals surface area contributed by atoms with Gasteiger partial charge in [-0.25, -0.2) is 16.4 Å². The highest BCUT2D eigenvalue weighted by Crippen LogP contribution is 2.31. The molecule has 2 rings (SSSR count). The minimum absolute atomic E-state index is 0.122. The highest BCUT2D eigenvalue weighted by molar-refractivity contribution is 7.80. The Morgan fingerprint density at radius 1 is 1.52 bits per heavy atom. The van der Waals surface area contributed by atoms with E-state index in [0.29, 0.717) is 5.75 Å². The summed E-state index contributed by atoms with van der Waals surface area (Å²) < 4.78 is 10.6. The predicted octanol–water partition coefficient (Wildman–Crippen LogP) is 2.31. The number of esters is 1. The third-order valence-electron chi connectivity index (χ3n) is 3.08. The first-order valence-electron chi connectivity index (χ1n) is 6.64. The molecule has 0 saturated heterocycles. The zero-order valence-electron chi connectivity index (χ0n) is 11.6. The van der Waals surface area contributed by atoms with Crippen molar-refractivity contribution in [2.75, 3.05) is 12.4 Å². The maximum Gasteiger partial charge on any atom is 0.400 e. The van der Waals surface area contributed by atoms with E-state index in [1.165, 1.54) is 0 Å². The largest absolute Gasteiger partial charge is 0.464 e. The van der Waals surface area contributed by atoms with Crippen LogP contribution in [0, 0.1) is 6.57 Å².